The number of nitro benzene ring substituents is 1. The molecule has 0 N–H and O–H groups in total. The molecule has 0 spiro atoms. The van der Waals surface area contributed by atoms with Crippen LogP contribution in [-0.2, 0) is 17.9 Å². The maximum absolute atomic E-state index is 12.9. The van der Waals surface area contributed by atoms with Gasteiger partial charge in [-0.25, -0.2) is 0 Å². The molecule has 0 atom stereocenters. The van der Waals surface area contributed by atoms with E-state index >= 15 is 0 Å². The number of carbonyl (C=O) groups excluding carboxylic acids is 2. The van der Waals surface area contributed by atoms with Gasteiger partial charge in [0.1, 0.15) is 6.61 Å². The Morgan fingerprint density at radius 1 is 1.00 bits per heavy atom. The average molecular weight is 477 g/mol. The number of imide groups is 1. The van der Waals surface area contributed by atoms with E-state index in [0.717, 1.165) is 22.2 Å². The summed E-state index contributed by atoms with van der Waals surface area (Å²) in [6.07, 6.45) is 1.59. The van der Waals surface area contributed by atoms with Gasteiger partial charge in [-0.1, -0.05) is 54.6 Å². The number of ether oxygens (including phenoxy) is 2. The zero-order chi connectivity index (χ0) is 24.1. The van der Waals surface area contributed by atoms with Gasteiger partial charge in [0.25, 0.3) is 16.8 Å². The highest BCUT2D eigenvalue weighted by Crippen LogP contribution is 2.36. The molecule has 0 aliphatic carbocycles. The number of benzene rings is 3. The predicted octanol–water partition coefficient (Wildman–Crippen LogP) is 5.42. The molecule has 3 aromatic rings. The van der Waals surface area contributed by atoms with Gasteiger partial charge < -0.3 is 9.47 Å². The summed E-state index contributed by atoms with van der Waals surface area (Å²) in [6, 6.07) is 21.0. The molecular formula is C25H20N2O6S. The Bertz CT molecular complexity index is 1280. The Kier molecular flexibility index (Phi) is 6.93. The molecule has 2 amide bonds. The number of nitro groups is 1. The van der Waals surface area contributed by atoms with Crippen LogP contribution in [0, 0.1) is 10.1 Å². The summed E-state index contributed by atoms with van der Waals surface area (Å²) in [6.45, 7) is 0.204. The van der Waals surface area contributed by atoms with Crippen molar-refractivity contribution < 1.29 is 24.0 Å². The van der Waals surface area contributed by atoms with Crippen molar-refractivity contribution >= 4 is 34.7 Å². The first-order valence-corrected chi connectivity index (χ1v) is 11.1. The maximum atomic E-state index is 12.9. The lowest BCUT2D eigenvalue weighted by Crippen LogP contribution is -2.27. The highest BCUT2D eigenvalue weighted by Gasteiger charge is 2.36. The topological polar surface area (TPSA) is 99.0 Å². The van der Waals surface area contributed by atoms with Crippen LogP contribution in [0.2, 0.25) is 0 Å². The van der Waals surface area contributed by atoms with Crippen LogP contribution in [0.1, 0.15) is 16.7 Å². The molecule has 172 valence electrons. The molecule has 34 heavy (non-hydrogen) atoms. The first kappa shape index (κ1) is 23.1. The van der Waals surface area contributed by atoms with E-state index in [9.17, 15) is 19.7 Å². The number of carbonyl (C=O) groups is 2. The molecule has 8 nitrogen and oxygen atoms in total. The molecule has 1 saturated heterocycles. The second-order valence-electron chi connectivity index (χ2n) is 7.34. The van der Waals surface area contributed by atoms with Crippen LogP contribution in [0.4, 0.5) is 10.5 Å². The second-order valence-corrected chi connectivity index (χ2v) is 8.33. The predicted molar refractivity (Wildman–Crippen MR) is 128 cm³/mol. The van der Waals surface area contributed by atoms with Crippen LogP contribution >= 0.6 is 11.8 Å². The zero-order valence-corrected chi connectivity index (χ0v) is 19.0. The van der Waals surface area contributed by atoms with Gasteiger partial charge >= 0.3 is 0 Å². The van der Waals surface area contributed by atoms with Crippen LogP contribution in [0.15, 0.2) is 77.7 Å². The van der Waals surface area contributed by atoms with E-state index in [-0.39, 0.29) is 22.7 Å². The number of hydrogen-bond acceptors (Lipinski definition) is 7. The van der Waals surface area contributed by atoms with Crippen molar-refractivity contribution in [2.75, 3.05) is 7.11 Å². The van der Waals surface area contributed by atoms with Gasteiger partial charge in [-0.05, 0) is 41.1 Å². The molecule has 0 radical (unpaired) electrons. The molecule has 0 aromatic heterocycles. The number of methoxy groups -OCH3 is 1. The number of para-hydroxylation sites is 1. The van der Waals surface area contributed by atoms with Crippen molar-refractivity contribution in [3.05, 3.63) is 105 Å². The maximum Gasteiger partial charge on any atom is 0.293 e. The molecule has 1 heterocycles. The number of hydrogen-bond donors (Lipinski definition) is 0. The Morgan fingerprint density at radius 3 is 2.47 bits per heavy atom. The third-order valence-electron chi connectivity index (χ3n) is 5.11. The standard InChI is InChI=1S/C25H20N2O6S/c1-32-22-13-18(11-12-21(22)33-16-17-7-3-2-4-8-17)14-23-24(28)26(25(29)34-23)15-19-9-5-6-10-20(19)27(30)31/h2-14H,15-16H2,1H3/b23-14+. The summed E-state index contributed by atoms with van der Waals surface area (Å²) in [5.41, 5.74) is 1.82. The smallest absolute Gasteiger partial charge is 0.293 e. The molecule has 4 rings (SSSR count). The van der Waals surface area contributed by atoms with Crippen LogP contribution in [-0.4, -0.2) is 28.1 Å². The first-order valence-electron chi connectivity index (χ1n) is 10.3. The summed E-state index contributed by atoms with van der Waals surface area (Å²) in [4.78, 5) is 37.3. The van der Waals surface area contributed by atoms with Gasteiger partial charge in [-0.2, -0.15) is 0 Å². The van der Waals surface area contributed by atoms with E-state index in [1.54, 1.807) is 30.3 Å². The van der Waals surface area contributed by atoms with Crippen molar-refractivity contribution in [1.29, 1.82) is 0 Å². The fourth-order valence-electron chi connectivity index (χ4n) is 3.41. The van der Waals surface area contributed by atoms with Crippen LogP contribution in [0.25, 0.3) is 6.08 Å². The van der Waals surface area contributed by atoms with Crippen LogP contribution in [0.5, 0.6) is 11.5 Å². The van der Waals surface area contributed by atoms with Crippen molar-refractivity contribution in [3.8, 4) is 11.5 Å². The van der Waals surface area contributed by atoms with Gasteiger partial charge in [0.2, 0.25) is 0 Å². The van der Waals surface area contributed by atoms with E-state index in [2.05, 4.69) is 0 Å². The largest absolute Gasteiger partial charge is 0.493 e. The fraction of sp³-hybridized carbons (Fsp3) is 0.120. The highest BCUT2D eigenvalue weighted by molar-refractivity contribution is 8.18. The zero-order valence-electron chi connectivity index (χ0n) is 18.2. The van der Waals surface area contributed by atoms with Gasteiger partial charge in [-0.3, -0.25) is 24.6 Å². The number of rotatable bonds is 8. The molecule has 1 aliphatic heterocycles. The lowest BCUT2D eigenvalue weighted by atomic mass is 10.1. The third kappa shape index (κ3) is 5.10. The molecule has 9 heteroatoms. The van der Waals surface area contributed by atoms with Crippen molar-refractivity contribution in [3.63, 3.8) is 0 Å². The van der Waals surface area contributed by atoms with E-state index < -0.39 is 16.1 Å². The molecule has 1 fully saturated rings. The monoisotopic (exact) mass is 476 g/mol. The van der Waals surface area contributed by atoms with Crippen LogP contribution < -0.4 is 9.47 Å². The lowest BCUT2D eigenvalue weighted by Gasteiger charge is -2.12. The average Bonchev–Trinajstić information content (AvgIpc) is 3.11. The Hall–Kier alpha value is -4.11. The molecule has 3 aromatic carbocycles. The summed E-state index contributed by atoms with van der Waals surface area (Å²) in [5, 5.41) is 10.8. The van der Waals surface area contributed by atoms with Crippen LogP contribution in [0.3, 0.4) is 0 Å². The number of amides is 2. The Labute approximate surface area is 199 Å². The Balaban J connectivity index is 1.51. The molecule has 0 bridgehead atoms. The highest BCUT2D eigenvalue weighted by atomic mass is 32.2. The molecule has 0 unspecified atom stereocenters. The van der Waals surface area contributed by atoms with Crippen molar-refractivity contribution in [2.45, 2.75) is 13.2 Å². The second kappa shape index (κ2) is 10.2. The van der Waals surface area contributed by atoms with E-state index in [1.807, 2.05) is 30.3 Å². The van der Waals surface area contributed by atoms with Crippen molar-refractivity contribution in [1.82, 2.24) is 4.90 Å². The molecule has 1 aliphatic rings. The minimum absolute atomic E-state index is 0.138. The summed E-state index contributed by atoms with van der Waals surface area (Å²) < 4.78 is 11.3. The van der Waals surface area contributed by atoms with Gasteiger partial charge in [0.05, 0.1) is 23.5 Å². The quantitative estimate of drug-likeness (QED) is 0.243. The van der Waals surface area contributed by atoms with Gasteiger partial charge in [-0.15, -0.1) is 0 Å². The van der Waals surface area contributed by atoms with E-state index in [0.29, 0.717) is 23.7 Å². The number of nitrogens with zero attached hydrogens (tertiary/aromatic N) is 2. The SMILES string of the molecule is COc1cc(/C=C2/SC(=O)N(Cc3ccccc3[N+](=O)[O-])C2=O)ccc1OCc1ccccc1. The Morgan fingerprint density at radius 2 is 1.74 bits per heavy atom. The summed E-state index contributed by atoms with van der Waals surface area (Å²) >= 11 is 0.792. The summed E-state index contributed by atoms with van der Waals surface area (Å²) in [7, 11) is 1.52. The molecular weight excluding hydrogens is 456 g/mol. The van der Waals surface area contributed by atoms with E-state index in [1.165, 1.54) is 25.3 Å². The van der Waals surface area contributed by atoms with E-state index in [4.69, 9.17) is 9.47 Å². The minimum atomic E-state index is -0.530. The van der Waals surface area contributed by atoms with Gasteiger partial charge in [0, 0.05) is 11.6 Å². The number of thioether (sulfide) groups is 1. The fourth-order valence-corrected chi connectivity index (χ4v) is 4.25. The first-order chi connectivity index (χ1) is 16.5. The van der Waals surface area contributed by atoms with Gasteiger partial charge in [0.15, 0.2) is 11.5 Å². The summed E-state index contributed by atoms with van der Waals surface area (Å²) in [5.74, 6) is 0.535. The minimum Gasteiger partial charge on any atom is -0.493 e. The normalized spacial score (nSPS) is 14.5. The lowest BCUT2D eigenvalue weighted by molar-refractivity contribution is -0.385. The van der Waals surface area contributed by atoms with Crippen molar-refractivity contribution in [2.24, 2.45) is 0 Å². The third-order valence-corrected chi connectivity index (χ3v) is 6.02. The molecule has 0 saturated carbocycles.